The number of carbonyl (C=O) groups excluding carboxylic acids is 2. The number of benzene rings is 1. The third-order valence-electron chi connectivity index (χ3n) is 4.80. The average Bonchev–Trinajstić information content (AvgIpc) is 3.19. The molecule has 1 N–H and O–H groups in total. The van der Waals surface area contributed by atoms with Crippen LogP contribution in [0.3, 0.4) is 0 Å². The van der Waals surface area contributed by atoms with Gasteiger partial charge in [-0.1, -0.05) is 0 Å². The van der Waals surface area contributed by atoms with E-state index in [1.54, 1.807) is 12.3 Å². The summed E-state index contributed by atoms with van der Waals surface area (Å²) < 4.78 is 5.22. The van der Waals surface area contributed by atoms with E-state index >= 15 is 0 Å². The summed E-state index contributed by atoms with van der Waals surface area (Å²) in [5.41, 5.74) is 1.75. The minimum atomic E-state index is -0.0508. The van der Waals surface area contributed by atoms with Crippen molar-refractivity contribution in [3.8, 4) is 0 Å². The molecule has 3 rings (SSSR count). The molecule has 0 unspecified atom stereocenters. The molecule has 1 saturated heterocycles. The van der Waals surface area contributed by atoms with Crippen molar-refractivity contribution in [1.82, 2.24) is 10.2 Å². The summed E-state index contributed by atoms with van der Waals surface area (Å²) in [7, 11) is 3.94. The first-order valence-electron chi connectivity index (χ1n) is 8.91. The molecule has 1 aliphatic heterocycles. The average molecular weight is 355 g/mol. The Morgan fingerprint density at radius 1 is 1.15 bits per heavy atom. The van der Waals surface area contributed by atoms with Crippen LogP contribution in [0.4, 0.5) is 5.69 Å². The molecule has 2 aromatic rings. The lowest BCUT2D eigenvalue weighted by Gasteiger charge is -2.31. The molecule has 0 spiro atoms. The van der Waals surface area contributed by atoms with E-state index in [2.05, 4.69) is 5.32 Å². The van der Waals surface area contributed by atoms with Crippen molar-refractivity contribution in [3.05, 3.63) is 54.0 Å². The molecule has 1 fully saturated rings. The molecular weight excluding hydrogens is 330 g/mol. The maximum Gasteiger partial charge on any atom is 0.253 e. The first-order chi connectivity index (χ1) is 12.5. The first-order valence-corrected chi connectivity index (χ1v) is 8.91. The van der Waals surface area contributed by atoms with E-state index < -0.39 is 0 Å². The molecule has 138 valence electrons. The molecule has 2 heterocycles. The van der Waals surface area contributed by atoms with Crippen molar-refractivity contribution in [2.45, 2.75) is 19.4 Å². The predicted octanol–water partition coefficient (Wildman–Crippen LogP) is 2.51. The van der Waals surface area contributed by atoms with E-state index in [1.165, 1.54) is 0 Å². The van der Waals surface area contributed by atoms with Gasteiger partial charge in [-0.3, -0.25) is 9.59 Å². The van der Waals surface area contributed by atoms with Crippen molar-refractivity contribution in [2.75, 3.05) is 32.1 Å². The number of anilines is 1. The van der Waals surface area contributed by atoms with Crippen LogP contribution < -0.4 is 10.2 Å². The molecule has 26 heavy (non-hydrogen) atoms. The Morgan fingerprint density at radius 2 is 1.85 bits per heavy atom. The fourth-order valence-electron chi connectivity index (χ4n) is 3.16. The zero-order chi connectivity index (χ0) is 18.5. The molecule has 6 nitrogen and oxygen atoms in total. The van der Waals surface area contributed by atoms with Crippen LogP contribution >= 0.6 is 0 Å². The molecule has 1 aromatic carbocycles. The van der Waals surface area contributed by atoms with E-state index in [0.717, 1.165) is 11.4 Å². The van der Waals surface area contributed by atoms with Gasteiger partial charge in [-0.25, -0.2) is 0 Å². The van der Waals surface area contributed by atoms with Gasteiger partial charge < -0.3 is 19.5 Å². The fraction of sp³-hybridized carbons (Fsp3) is 0.400. The topological polar surface area (TPSA) is 65.8 Å². The lowest BCUT2D eigenvalue weighted by atomic mass is 9.95. The van der Waals surface area contributed by atoms with E-state index in [-0.39, 0.29) is 17.7 Å². The van der Waals surface area contributed by atoms with Gasteiger partial charge in [0.2, 0.25) is 5.91 Å². The smallest absolute Gasteiger partial charge is 0.253 e. The van der Waals surface area contributed by atoms with E-state index in [9.17, 15) is 9.59 Å². The summed E-state index contributed by atoms with van der Waals surface area (Å²) >= 11 is 0. The third kappa shape index (κ3) is 4.25. The van der Waals surface area contributed by atoms with Crippen molar-refractivity contribution in [1.29, 1.82) is 0 Å². The zero-order valence-corrected chi connectivity index (χ0v) is 15.3. The minimum absolute atomic E-state index is 0.0313. The van der Waals surface area contributed by atoms with Gasteiger partial charge >= 0.3 is 0 Å². The monoisotopic (exact) mass is 355 g/mol. The van der Waals surface area contributed by atoms with Crippen LogP contribution in [0.1, 0.15) is 29.0 Å². The summed E-state index contributed by atoms with van der Waals surface area (Å²) in [5.74, 6) is 0.755. The Labute approximate surface area is 153 Å². The maximum absolute atomic E-state index is 12.6. The largest absolute Gasteiger partial charge is 0.467 e. The van der Waals surface area contributed by atoms with Crippen LogP contribution in [-0.4, -0.2) is 43.9 Å². The van der Waals surface area contributed by atoms with Gasteiger partial charge in [0.1, 0.15) is 5.76 Å². The Balaban J connectivity index is 1.49. The van der Waals surface area contributed by atoms with Crippen LogP contribution in [-0.2, 0) is 11.3 Å². The highest BCUT2D eigenvalue weighted by molar-refractivity contribution is 5.94. The van der Waals surface area contributed by atoms with Crippen molar-refractivity contribution >= 4 is 17.5 Å². The van der Waals surface area contributed by atoms with Crippen molar-refractivity contribution in [3.63, 3.8) is 0 Å². The molecule has 6 heteroatoms. The molecular formula is C20H25N3O3. The van der Waals surface area contributed by atoms with Crippen LogP contribution in [0.25, 0.3) is 0 Å². The number of hydrogen-bond donors (Lipinski definition) is 1. The zero-order valence-electron chi connectivity index (χ0n) is 15.3. The van der Waals surface area contributed by atoms with E-state index in [1.807, 2.05) is 54.2 Å². The van der Waals surface area contributed by atoms with Gasteiger partial charge in [0.25, 0.3) is 5.91 Å². The summed E-state index contributed by atoms with van der Waals surface area (Å²) in [6, 6.07) is 11.3. The molecule has 1 aromatic heterocycles. The Bertz CT molecular complexity index is 730. The SMILES string of the molecule is CN(C)c1ccc(C(=O)N2CCC(C(=O)NCc3ccco3)CC2)cc1. The van der Waals surface area contributed by atoms with Crippen LogP contribution in [0, 0.1) is 5.92 Å². The summed E-state index contributed by atoms with van der Waals surface area (Å²) in [6.07, 6.45) is 2.97. The van der Waals surface area contributed by atoms with Gasteiger partial charge in [0, 0.05) is 44.4 Å². The Kier molecular flexibility index (Phi) is 5.61. The second-order valence-electron chi connectivity index (χ2n) is 6.80. The molecule has 0 bridgehead atoms. The maximum atomic E-state index is 12.6. The number of piperidine rings is 1. The quantitative estimate of drug-likeness (QED) is 0.895. The first kappa shape index (κ1) is 18.0. The number of furan rings is 1. The standard InChI is InChI=1S/C20H25N3O3/c1-22(2)17-7-5-16(6-8-17)20(25)23-11-9-15(10-12-23)19(24)21-14-18-4-3-13-26-18/h3-8,13,15H,9-12,14H2,1-2H3,(H,21,24). The fourth-order valence-corrected chi connectivity index (χ4v) is 3.16. The highest BCUT2D eigenvalue weighted by atomic mass is 16.3. The summed E-state index contributed by atoms with van der Waals surface area (Å²) in [6.45, 7) is 1.61. The molecule has 0 saturated carbocycles. The normalized spacial score (nSPS) is 14.9. The Morgan fingerprint density at radius 3 is 2.42 bits per heavy atom. The van der Waals surface area contributed by atoms with Crippen LogP contribution in [0.15, 0.2) is 47.1 Å². The van der Waals surface area contributed by atoms with E-state index in [0.29, 0.717) is 38.0 Å². The molecule has 0 radical (unpaired) electrons. The van der Waals surface area contributed by atoms with Gasteiger partial charge in [0.05, 0.1) is 12.8 Å². The molecule has 0 atom stereocenters. The second-order valence-corrected chi connectivity index (χ2v) is 6.80. The highest BCUT2D eigenvalue weighted by Gasteiger charge is 2.27. The van der Waals surface area contributed by atoms with Gasteiger partial charge in [0.15, 0.2) is 0 Å². The predicted molar refractivity (Wildman–Crippen MR) is 100.0 cm³/mol. The third-order valence-corrected chi connectivity index (χ3v) is 4.80. The van der Waals surface area contributed by atoms with Crippen molar-refractivity contribution in [2.24, 2.45) is 5.92 Å². The Hall–Kier alpha value is -2.76. The number of amides is 2. The van der Waals surface area contributed by atoms with Crippen LogP contribution in [0.2, 0.25) is 0 Å². The minimum Gasteiger partial charge on any atom is -0.467 e. The lowest BCUT2D eigenvalue weighted by Crippen LogP contribution is -2.42. The lowest BCUT2D eigenvalue weighted by molar-refractivity contribution is -0.126. The van der Waals surface area contributed by atoms with E-state index in [4.69, 9.17) is 4.42 Å². The number of hydrogen-bond acceptors (Lipinski definition) is 4. The van der Waals surface area contributed by atoms with Gasteiger partial charge in [-0.05, 0) is 49.2 Å². The molecule has 1 aliphatic rings. The van der Waals surface area contributed by atoms with Gasteiger partial charge in [-0.2, -0.15) is 0 Å². The van der Waals surface area contributed by atoms with Gasteiger partial charge in [-0.15, -0.1) is 0 Å². The van der Waals surface area contributed by atoms with Crippen molar-refractivity contribution < 1.29 is 14.0 Å². The number of rotatable bonds is 5. The number of carbonyl (C=O) groups is 2. The second kappa shape index (κ2) is 8.08. The van der Waals surface area contributed by atoms with Crippen LogP contribution in [0.5, 0.6) is 0 Å². The number of likely N-dealkylation sites (tertiary alicyclic amines) is 1. The molecule has 2 amide bonds. The molecule has 0 aliphatic carbocycles. The summed E-state index contributed by atoms with van der Waals surface area (Å²) in [5, 5.41) is 2.91. The number of nitrogens with one attached hydrogen (secondary N) is 1. The summed E-state index contributed by atoms with van der Waals surface area (Å²) in [4.78, 5) is 28.8. The number of nitrogens with zero attached hydrogens (tertiary/aromatic N) is 2. The highest BCUT2D eigenvalue weighted by Crippen LogP contribution is 2.20.